The van der Waals surface area contributed by atoms with Gasteiger partial charge in [0.15, 0.2) is 0 Å². The molecule has 1 aromatic heterocycles. The first kappa shape index (κ1) is 28.2. The van der Waals surface area contributed by atoms with Crippen LogP contribution in [0.2, 0.25) is 0 Å². The summed E-state index contributed by atoms with van der Waals surface area (Å²) in [6, 6.07) is 12.5. The Bertz CT molecular complexity index is 876. The van der Waals surface area contributed by atoms with Gasteiger partial charge in [0.2, 0.25) is 11.8 Å². The van der Waals surface area contributed by atoms with E-state index in [2.05, 4.69) is 70.9 Å². The molecule has 0 radical (unpaired) electrons. The zero-order valence-corrected chi connectivity index (χ0v) is 23.0. The van der Waals surface area contributed by atoms with E-state index in [4.69, 9.17) is 0 Å². The molecule has 0 spiro atoms. The Morgan fingerprint density at radius 3 is 2.29 bits per heavy atom. The highest BCUT2D eigenvalue weighted by molar-refractivity contribution is 9.10. The molecule has 2 aromatic rings. The Hall–Kier alpha value is -2.08. The number of hydrogen-bond donors (Lipinski definition) is 0. The molecule has 1 heterocycles. The number of nitrogens with zero attached hydrogens (tertiary/aromatic N) is 3. The maximum atomic E-state index is 13.4. The molecule has 0 aliphatic carbocycles. The number of benzene rings is 1. The van der Waals surface area contributed by atoms with E-state index in [1.807, 2.05) is 24.8 Å². The molecule has 34 heavy (non-hydrogen) atoms. The molecular formula is C28H42BrN3O2. The second-order valence-corrected chi connectivity index (χ2v) is 10.3. The molecule has 0 bridgehead atoms. The summed E-state index contributed by atoms with van der Waals surface area (Å²) in [5.74, 6) is 0.119. The minimum absolute atomic E-state index is 0.0110. The smallest absolute Gasteiger partial charge is 0.242 e. The van der Waals surface area contributed by atoms with E-state index in [9.17, 15) is 9.59 Å². The van der Waals surface area contributed by atoms with E-state index in [1.165, 1.54) is 5.56 Å². The second-order valence-electron chi connectivity index (χ2n) is 9.35. The first-order chi connectivity index (χ1) is 16.3. The molecule has 6 heteroatoms. The van der Waals surface area contributed by atoms with Crippen molar-refractivity contribution in [2.75, 3.05) is 13.1 Å². The SMILES string of the molecule is CCCCCCC(=O)N(CC(=O)N(CCCC)Cc1cccn1Cc1ccc(Br)cc1)C(C)C. The number of hydrogen-bond acceptors (Lipinski definition) is 2. The van der Waals surface area contributed by atoms with Gasteiger partial charge >= 0.3 is 0 Å². The molecule has 0 unspecified atom stereocenters. The molecule has 188 valence electrons. The Morgan fingerprint density at radius 1 is 0.941 bits per heavy atom. The van der Waals surface area contributed by atoms with Crippen molar-refractivity contribution in [3.8, 4) is 0 Å². The van der Waals surface area contributed by atoms with Crippen LogP contribution in [0.4, 0.5) is 0 Å². The maximum absolute atomic E-state index is 13.4. The number of rotatable bonds is 15. The summed E-state index contributed by atoms with van der Waals surface area (Å²) in [6.07, 6.45) is 8.83. The highest BCUT2D eigenvalue weighted by atomic mass is 79.9. The molecule has 1 aromatic carbocycles. The van der Waals surface area contributed by atoms with Gasteiger partial charge in [-0.2, -0.15) is 0 Å². The predicted molar refractivity (Wildman–Crippen MR) is 144 cm³/mol. The third-order valence-corrected chi connectivity index (χ3v) is 6.70. The van der Waals surface area contributed by atoms with E-state index in [1.54, 1.807) is 4.90 Å². The van der Waals surface area contributed by atoms with E-state index in [0.717, 1.165) is 55.2 Å². The van der Waals surface area contributed by atoms with Crippen LogP contribution in [0.3, 0.4) is 0 Å². The molecule has 5 nitrogen and oxygen atoms in total. The van der Waals surface area contributed by atoms with Crippen LogP contribution in [-0.2, 0) is 22.7 Å². The summed E-state index contributed by atoms with van der Waals surface area (Å²) in [6.45, 7) is 10.5. The van der Waals surface area contributed by atoms with Crippen molar-refractivity contribution in [1.82, 2.24) is 14.4 Å². The van der Waals surface area contributed by atoms with Crippen molar-refractivity contribution < 1.29 is 9.59 Å². The van der Waals surface area contributed by atoms with Gasteiger partial charge < -0.3 is 14.4 Å². The summed E-state index contributed by atoms with van der Waals surface area (Å²) in [4.78, 5) is 29.9. The lowest BCUT2D eigenvalue weighted by Gasteiger charge is -2.30. The number of amides is 2. The van der Waals surface area contributed by atoms with Gasteiger partial charge in [0.25, 0.3) is 0 Å². The van der Waals surface area contributed by atoms with Crippen molar-refractivity contribution in [1.29, 1.82) is 0 Å². The van der Waals surface area contributed by atoms with Gasteiger partial charge in [-0.25, -0.2) is 0 Å². The Labute approximate surface area is 214 Å². The maximum Gasteiger partial charge on any atom is 0.242 e. The lowest BCUT2D eigenvalue weighted by Crippen LogP contribution is -2.46. The fourth-order valence-corrected chi connectivity index (χ4v) is 4.29. The van der Waals surface area contributed by atoms with Gasteiger partial charge in [0.05, 0.1) is 13.1 Å². The topological polar surface area (TPSA) is 45.6 Å². The molecule has 0 atom stereocenters. The fraction of sp³-hybridized carbons (Fsp3) is 0.571. The van der Waals surface area contributed by atoms with Crippen LogP contribution in [0.1, 0.15) is 83.9 Å². The largest absolute Gasteiger partial charge is 0.345 e. The van der Waals surface area contributed by atoms with E-state index in [0.29, 0.717) is 19.5 Å². The third kappa shape index (κ3) is 9.28. The van der Waals surface area contributed by atoms with Crippen LogP contribution in [0.5, 0.6) is 0 Å². The Balaban J connectivity index is 2.08. The highest BCUT2D eigenvalue weighted by Gasteiger charge is 2.23. The van der Waals surface area contributed by atoms with Gasteiger partial charge in [-0.3, -0.25) is 9.59 Å². The average molecular weight is 533 g/mol. The predicted octanol–water partition coefficient (Wildman–Crippen LogP) is 6.64. The van der Waals surface area contributed by atoms with Crippen molar-refractivity contribution in [2.24, 2.45) is 0 Å². The lowest BCUT2D eigenvalue weighted by molar-refractivity contribution is -0.142. The van der Waals surface area contributed by atoms with E-state index >= 15 is 0 Å². The average Bonchev–Trinajstić information content (AvgIpc) is 3.25. The zero-order valence-electron chi connectivity index (χ0n) is 21.4. The first-order valence-corrected chi connectivity index (χ1v) is 13.6. The minimum atomic E-state index is 0.0110. The van der Waals surface area contributed by atoms with Crippen molar-refractivity contribution in [3.05, 3.63) is 58.3 Å². The van der Waals surface area contributed by atoms with Crippen LogP contribution in [-0.4, -0.2) is 45.3 Å². The van der Waals surface area contributed by atoms with Gasteiger partial charge in [-0.05, 0) is 56.5 Å². The third-order valence-electron chi connectivity index (χ3n) is 6.17. The number of unbranched alkanes of at least 4 members (excludes halogenated alkanes) is 4. The van der Waals surface area contributed by atoms with Crippen LogP contribution in [0, 0.1) is 0 Å². The minimum Gasteiger partial charge on any atom is -0.345 e. The summed E-state index contributed by atoms with van der Waals surface area (Å²) < 4.78 is 3.27. The van der Waals surface area contributed by atoms with Gasteiger partial charge in [0, 0.05) is 41.9 Å². The van der Waals surface area contributed by atoms with Gasteiger partial charge in [0.1, 0.15) is 0 Å². The number of aromatic nitrogens is 1. The number of halogens is 1. The normalized spacial score (nSPS) is 11.1. The monoisotopic (exact) mass is 531 g/mol. The first-order valence-electron chi connectivity index (χ1n) is 12.8. The van der Waals surface area contributed by atoms with E-state index < -0.39 is 0 Å². The van der Waals surface area contributed by atoms with Crippen LogP contribution in [0.15, 0.2) is 47.1 Å². The standard InChI is InChI=1S/C28H42BrN3O2/c1-5-7-9-10-13-27(33)32(23(3)4)22-28(34)31(18-8-6-2)21-26-12-11-19-30(26)20-24-14-16-25(29)17-15-24/h11-12,14-17,19,23H,5-10,13,18,20-22H2,1-4H3. The van der Waals surface area contributed by atoms with Crippen molar-refractivity contribution >= 4 is 27.7 Å². The molecule has 0 fully saturated rings. The highest BCUT2D eigenvalue weighted by Crippen LogP contribution is 2.16. The van der Waals surface area contributed by atoms with Crippen molar-refractivity contribution in [3.63, 3.8) is 0 Å². The van der Waals surface area contributed by atoms with Crippen LogP contribution < -0.4 is 0 Å². The summed E-state index contributed by atoms with van der Waals surface area (Å²) in [5.41, 5.74) is 2.32. The molecule has 2 amide bonds. The molecule has 0 saturated heterocycles. The van der Waals surface area contributed by atoms with Gasteiger partial charge in [-0.1, -0.05) is 67.6 Å². The molecule has 0 aliphatic rings. The zero-order chi connectivity index (χ0) is 24.9. The van der Waals surface area contributed by atoms with E-state index in [-0.39, 0.29) is 24.4 Å². The summed E-state index contributed by atoms with van der Waals surface area (Å²) in [7, 11) is 0. The molecule has 0 saturated carbocycles. The quantitative estimate of drug-likeness (QED) is 0.242. The van der Waals surface area contributed by atoms with Gasteiger partial charge in [-0.15, -0.1) is 0 Å². The summed E-state index contributed by atoms with van der Waals surface area (Å²) in [5, 5.41) is 0. The molecule has 0 aliphatic heterocycles. The Kier molecular flexibility index (Phi) is 12.4. The molecular weight excluding hydrogens is 490 g/mol. The second kappa shape index (κ2) is 15.0. The Morgan fingerprint density at radius 2 is 1.65 bits per heavy atom. The lowest BCUT2D eigenvalue weighted by atomic mass is 10.1. The summed E-state index contributed by atoms with van der Waals surface area (Å²) >= 11 is 3.49. The fourth-order valence-electron chi connectivity index (χ4n) is 4.02. The molecule has 0 N–H and O–H groups in total. The van der Waals surface area contributed by atoms with Crippen LogP contribution in [0.25, 0.3) is 0 Å². The number of carbonyl (C=O) groups is 2. The molecule has 2 rings (SSSR count). The van der Waals surface area contributed by atoms with Crippen LogP contribution >= 0.6 is 15.9 Å². The number of carbonyl (C=O) groups excluding carboxylic acids is 2. The van der Waals surface area contributed by atoms with Crippen molar-refractivity contribution in [2.45, 2.75) is 91.8 Å².